The van der Waals surface area contributed by atoms with Gasteiger partial charge in [-0.1, -0.05) is 12.1 Å². The van der Waals surface area contributed by atoms with Crippen LogP contribution >= 0.6 is 0 Å². The number of carbonyl (C=O) groups is 1. The van der Waals surface area contributed by atoms with Gasteiger partial charge in [-0.3, -0.25) is 19.1 Å². The number of fused-ring (bicyclic) bond motifs is 1. The van der Waals surface area contributed by atoms with Gasteiger partial charge in [0.2, 0.25) is 17.7 Å². The van der Waals surface area contributed by atoms with Crippen LogP contribution in [0.5, 0.6) is 11.8 Å². The molecule has 0 unspecified atom stereocenters. The first-order valence-electron chi connectivity index (χ1n) is 9.38. The zero-order valence-electron chi connectivity index (χ0n) is 16.0. The van der Waals surface area contributed by atoms with Crippen LogP contribution in [-0.4, -0.2) is 56.6 Å². The molecule has 3 heterocycles. The fraction of sp³-hybridized carbons (Fsp3) is 0.350. The maximum Gasteiger partial charge on any atom is 0.261 e. The Morgan fingerprint density at radius 3 is 2.93 bits per heavy atom. The molecule has 150 valence electrons. The highest BCUT2D eigenvalue weighted by atomic mass is 16.5. The molecule has 0 spiro atoms. The SMILES string of the molecule is COc1cncc(O[C@@H]2CCCN(C(=O)Cn3cnc4ccccc4c3=O)C2)n1. The highest BCUT2D eigenvalue weighted by Gasteiger charge is 2.26. The number of ether oxygens (including phenoxy) is 2. The van der Waals surface area contributed by atoms with Gasteiger partial charge in [0.05, 0.1) is 43.3 Å². The largest absolute Gasteiger partial charge is 0.480 e. The average molecular weight is 395 g/mol. The van der Waals surface area contributed by atoms with Crippen LogP contribution in [0.1, 0.15) is 12.8 Å². The van der Waals surface area contributed by atoms with Gasteiger partial charge < -0.3 is 14.4 Å². The Bertz CT molecular complexity index is 1080. The van der Waals surface area contributed by atoms with Gasteiger partial charge in [0, 0.05) is 6.54 Å². The standard InChI is InChI=1S/C20H21N5O4/c1-28-17-9-21-10-18(23-17)29-14-5-4-8-24(11-14)19(26)12-25-13-22-16-7-3-2-6-15(16)20(25)27/h2-3,6-7,9-10,13-14H,4-5,8,11-12H2,1H3/t14-/m1/s1. The Labute approximate surface area is 166 Å². The molecule has 2 aromatic heterocycles. The second-order valence-corrected chi connectivity index (χ2v) is 6.82. The zero-order valence-corrected chi connectivity index (χ0v) is 16.0. The first-order chi connectivity index (χ1) is 14.1. The molecule has 0 bridgehead atoms. The van der Waals surface area contributed by atoms with E-state index in [1.54, 1.807) is 23.1 Å². The summed E-state index contributed by atoms with van der Waals surface area (Å²) in [7, 11) is 1.51. The molecule has 0 saturated carbocycles. The Balaban J connectivity index is 1.43. The lowest BCUT2D eigenvalue weighted by Gasteiger charge is -2.32. The third kappa shape index (κ3) is 4.18. The van der Waals surface area contributed by atoms with Crippen LogP contribution in [0.2, 0.25) is 0 Å². The van der Waals surface area contributed by atoms with Crippen LogP contribution in [0, 0.1) is 0 Å². The Morgan fingerprint density at radius 1 is 1.24 bits per heavy atom. The first-order valence-corrected chi connectivity index (χ1v) is 9.38. The van der Waals surface area contributed by atoms with Crippen molar-refractivity contribution in [3.8, 4) is 11.8 Å². The molecule has 1 fully saturated rings. The fourth-order valence-corrected chi connectivity index (χ4v) is 3.38. The summed E-state index contributed by atoms with van der Waals surface area (Å²) in [5, 5.41) is 0.499. The normalized spacial score (nSPS) is 16.6. The number of hydrogen-bond acceptors (Lipinski definition) is 7. The molecular weight excluding hydrogens is 374 g/mol. The van der Waals surface area contributed by atoms with Crippen molar-refractivity contribution in [2.45, 2.75) is 25.5 Å². The van der Waals surface area contributed by atoms with E-state index in [0.29, 0.717) is 35.8 Å². The van der Waals surface area contributed by atoms with E-state index in [1.807, 2.05) is 6.07 Å². The van der Waals surface area contributed by atoms with E-state index >= 15 is 0 Å². The third-order valence-corrected chi connectivity index (χ3v) is 4.85. The highest BCUT2D eigenvalue weighted by Crippen LogP contribution is 2.18. The number of hydrogen-bond donors (Lipinski definition) is 0. The molecule has 0 radical (unpaired) electrons. The van der Waals surface area contributed by atoms with Gasteiger partial charge in [0.15, 0.2) is 0 Å². The van der Waals surface area contributed by atoms with Crippen molar-refractivity contribution in [1.82, 2.24) is 24.4 Å². The van der Waals surface area contributed by atoms with E-state index in [0.717, 1.165) is 12.8 Å². The zero-order chi connectivity index (χ0) is 20.2. The summed E-state index contributed by atoms with van der Waals surface area (Å²) in [6, 6.07) is 7.10. The van der Waals surface area contributed by atoms with E-state index in [2.05, 4.69) is 15.0 Å². The minimum atomic E-state index is -0.222. The van der Waals surface area contributed by atoms with Crippen molar-refractivity contribution in [2.24, 2.45) is 0 Å². The van der Waals surface area contributed by atoms with Crippen LogP contribution in [0.4, 0.5) is 0 Å². The fourth-order valence-electron chi connectivity index (χ4n) is 3.38. The molecule has 1 aliphatic heterocycles. The Kier molecular flexibility index (Phi) is 5.37. The highest BCUT2D eigenvalue weighted by molar-refractivity contribution is 5.79. The predicted molar refractivity (Wildman–Crippen MR) is 105 cm³/mol. The number of rotatable bonds is 5. The molecule has 3 aromatic rings. The lowest BCUT2D eigenvalue weighted by molar-refractivity contribution is -0.134. The van der Waals surface area contributed by atoms with Crippen molar-refractivity contribution in [3.63, 3.8) is 0 Å². The molecule has 1 saturated heterocycles. The molecule has 0 N–H and O–H groups in total. The minimum Gasteiger partial charge on any atom is -0.480 e. The number of nitrogens with zero attached hydrogens (tertiary/aromatic N) is 5. The molecule has 1 atom stereocenters. The summed E-state index contributed by atoms with van der Waals surface area (Å²) in [5.74, 6) is 0.585. The van der Waals surface area contributed by atoms with Crippen LogP contribution in [-0.2, 0) is 11.3 Å². The van der Waals surface area contributed by atoms with Crippen molar-refractivity contribution < 1.29 is 14.3 Å². The smallest absolute Gasteiger partial charge is 0.261 e. The molecule has 1 aliphatic rings. The lowest BCUT2D eigenvalue weighted by Crippen LogP contribution is -2.46. The molecule has 1 amide bonds. The van der Waals surface area contributed by atoms with Crippen molar-refractivity contribution >= 4 is 16.8 Å². The van der Waals surface area contributed by atoms with Crippen LogP contribution in [0.3, 0.4) is 0 Å². The van der Waals surface area contributed by atoms with E-state index in [1.165, 1.54) is 30.4 Å². The van der Waals surface area contributed by atoms with Crippen molar-refractivity contribution in [1.29, 1.82) is 0 Å². The van der Waals surface area contributed by atoms with Gasteiger partial charge in [-0.2, -0.15) is 4.98 Å². The number of aromatic nitrogens is 4. The second kappa shape index (κ2) is 8.26. The number of piperidine rings is 1. The van der Waals surface area contributed by atoms with Crippen molar-refractivity contribution in [3.05, 3.63) is 53.3 Å². The van der Waals surface area contributed by atoms with Gasteiger partial charge in [0.25, 0.3) is 5.56 Å². The van der Waals surface area contributed by atoms with E-state index in [9.17, 15) is 9.59 Å². The van der Waals surface area contributed by atoms with E-state index in [-0.39, 0.29) is 24.1 Å². The number of carbonyl (C=O) groups excluding carboxylic acids is 1. The van der Waals surface area contributed by atoms with Gasteiger partial charge in [-0.15, -0.1) is 0 Å². The number of para-hydroxylation sites is 1. The molecule has 9 heteroatoms. The van der Waals surface area contributed by atoms with E-state index < -0.39 is 0 Å². The average Bonchev–Trinajstić information content (AvgIpc) is 2.76. The monoisotopic (exact) mass is 395 g/mol. The molecule has 4 rings (SSSR count). The molecule has 0 aliphatic carbocycles. The minimum absolute atomic E-state index is 0.0532. The lowest BCUT2D eigenvalue weighted by atomic mass is 10.1. The molecule has 9 nitrogen and oxygen atoms in total. The summed E-state index contributed by atoms with van der Waals surface area (Å²) >= 11 is 0. The van der Waals surface area contributed by atoms with Crippen LogP contribution in [0.15, 0.2) is 47.8 Å². The van der Waals surface area contributed by atoms with Gasteiger partial charge in [-0.25, -0.2) is 4.98 Å². The topological polar surface area (TPSA) is 99.4 Å². The number of benzene rings is 1. The predicted octanol–water partition coefficient (Wildman–Crippen LogP) is 1.27. The maximum atomic E-state index is 12.8. The summed E-state index contributed by atoms with van der Waals surface area (Å²) in [4.78, 5) is 39.6. The van der Waals surface area contributed by atoms with Gasteiger partial charge in [-0.05, 0) is 25.0 Å². The van der Waals surface area contributed by atoms with E-state index in [4.69, 9.17) is 9.47 Å². The quantitative estimate of drug-likeness (QED) is 0.641. The summed E-state index contributed by atoms with van der Waals surface area (Å²) in [6.07, 6.45) is 5.86. The Hall–Kier alpha value is -3.49. The molecular formula is C20H21N5O4. The van der Waals surface area contributed by atoms with Gasteiger partial charge >= 0.3 is 0 Å². The number of likely N-dealkylation sites (tertiary alicyclic amines) is 1. The van der Waals surface area contributed by atoms with Crippen LogP contribution < -0.4 is 15.0 Å². The molecule has 29 heavy (non-hydrogen) atoms. The molecule has 1 aromatic carbocycles. The number of methoxy groups -OCH3 is 1. The van der Waals surface area contributed by atoms with Crippen molar-refractivity contribution in [2.75, 3.05) is 20.2 Å². The second-order valence-electron chi connectivity index (χ2n) is 6.82. The summed E-state index contributed by atoms with van der Waals surface area (Å²) in [5.41, 5.74) is 0.396. The van der Waals surface area contributed by atoms with Crippen LogP contribution in [0.25, 0.3) is 10.9 Å². The van der Waals surface area contributed by atoms with Gasteiger partial charge in [0.1, 0.15) is 12.6 Å². The Morgan fingerprint density at radius 2 is 2.07 bits per heavy atom. The summed E-state index contributed by atoms with van der Waals surface area (Å²) < 4.78 is 12.3. The summed E-state index contributed by atoms with van der Waals surface area (Å²) in [6.45, 7) is 0.994. The first kappa shape index (κ1) is 18.9. The number of amides is 1. The third-order valence-electron chi connectivity index (χ3n) is 4.85. The maximum absolute atomic E-state index is 12.8.